The third kappa shape index (κ3) is 3.16. The molecule has 0 amide bonds. The van der Waals surface area contributed by atoms with Crippen LogP contribution in [0.4, 0.5) is 0 Å². The number of nitrogens with one attached hydrogen (secondary N) is 1. The molecule has 0 aromatic carbocycles. The van der Waals surface area contributed by atoms with Crippen molar-refractivity contribution in [1.82, 2.24) is 5.32 Å². The van der Waals surface area contributed by atoms with Gasteiger partial charge in [-0.1, -0.05) is 27.7 Å². The molecule has 2 heteroatoms. The second-order valence-electron chi connectivity index (χ2n) is 4.49. The summed E-state index contributed by atoms with van der Waals surface area (Å²) < 4.78 is 0. The molecule has 0 radical (unpaired) electrons. The van der Waals surface area contributed by atoms with Gasteiger partial charge in [-0.2, -0.15) is 11.8 Å². The van der Waals surface area contributed by atoms with Gasteiger partial charge in [0.2, 0.25) is 0 Å². The lowest BCUT2D eigenvalue weighted by Gasteiger charge is -2.23. The van der Waals surface area contributed by atoms with Gasteiger partial charge in [0.05, 0.1) is 0 Å². The molecule has 1 aliphatic carbocycles. The lowest BCUT2D eigenvalue weighted by molar-refractivity contribution is 0.441. The van der Waals surface area contributed by atoms with Crippen LogP contribution in [0.15, 0.2) is 0 Å². The van der Waals surface area contributed by atoms with Gasteiger partial charge in [0.15, 0.2) is 0 Å². The Kier molecular flexibility index (Phi) is 5.32. The van der Waals surface area contributed by atoms with Gasteiger partial charge in [0.25, 0.3) is 0 Å². The molecular weight excluding hydrogens is 190 g/mol. The lowest BCUT2D eigenvalue weighted by Crippen LogP contribution is -2.33. The molecule has 84 valence electrons. The smallest absolute Gasteiger partial charge is 0.0103 e. The molecule has 4 unspecified atom stereocenters. The summed E-state index contributed by atoms with van der Waals surface area (Å²) in [5, 5.41) is 5.34. The molecule has 0 aromatic heterocycles. The summed E-state index contributed by atoms with van der Waals surface area (Å²) in [6, 6.07) is 0.779. The molecule has 1 rings (SSSR count). The van der Waals surface area contributed by atoms with Gasteiger partial charge in [0.1, 0.15) is 0 Å². The first kappa shape index (κ1) is 12.4. The van der Waals surface area contributed by atoms with E-state index in [4.69, 9.17) is 0 Å². The third-order valence-electron chi connectivity index (χ3n) is 3.43. The molecule has 1 aliphatic rings. The quantitative estimate of drug-likeness (QED) is 0.755. The molecule has 1 fully saturated rings. The Labute approximate surface area is 93.4 Å². The Balaban J connectivity index is 2.35. The molecule has 1 N–H and O–H groups in total. The number of thioether (sulfide) groups is 1. The van der Waals surface area contributed by atoms with Crippen molar-refractivity contribution in [2.45, 2.75) is 63.5 Å². The van der Waals surface area contributed by atoms with Crippen LogP contribution in [0, 0.1) is 5.92 Å². The fraction of sp³-hybridized carbons (Fsp3) is 1.00. The largest absolute Gasteiger partial charge is 0.314 e. The summed E-state index contributed by atoms with van der Waals surface area (Å²) in [6.07, 6.45) is 4.09. The fourth-order valence-corrected chi connectivity index (χ4v) is 3.76. The van der Waals surface area contributed by atoms with Crippen LogP contribution in [-0.4, -0.2) is 23.1 Å². The molecule has 0 bridgehead atoms. The van der Waals surface area contributed by atoms with Gasteiger partial charge < -0.3 is 5.32 Å². The van der Waals surface area contributed by atoms with Crippen molar-refractivity contribution in [3.63, 3.8) is 0 Å². The first-order valence-corrected chi connectivity index (χ1v) is 7.02. The van der Waals surface area contributed by atoms with Crippen LogP contribution in [0.2, 0.25) is 0 Å². The maximum absolute atomic E-state index is 3.60. The van der Waals surface area contributed by atoms with Crippen LogP contribution in [0.3, 0.4) is 0 Å². The molecular formula is C12H25NS. The average Bonchev–Trinajstić information content (AvgIpc) is 2.50. The zero-order valence-electron chi connectivity index (χ0n) is 10.0. The van der Waals surface area contributed by atoms with E-state index < -0.39 is 0 Å². The Hall–Kier alpha value is 0.310. The van der Waals surface area contributed by atoms with Gasteiger partial charge in [0, 0.05) is 16.5 Å². The Morgan fingerprint density at radius 1 is 1.36 bits per heavy atom. The Bertz CT molecular complexity index is 160. The second-order valence-corrected chi connectivity index (χ2v) is 6.18. The SMILES string of the molecule is CCNC1CCC(SC(C)CC)C1C. The van der Waals surface area contributed by atoms with Gasteiger partial charge in [-0.25, -0.2) is 0 Å². The summed E-state index contributed by atoms with van der Waals surface area (Å²) in [4.78, 5) is 0. The van der Waals surface area contributed by atoms with Gasteiger partial charge in [-0.05, 0) is 31.7 Å². The van der Waals surface area contributed by atoms with Crippen molar-refractivity contribution in [3.8, 4) is 0 Å². The minimum absolute atomic E-state index is 0.779. The first-order chi connectivity index (χ1) is 6.69. The van der Waals surface area contributed by atoms with Gasteiger partial charge in [-0.15, -0.1) is 0 Å². The summed E-state index contributed by atoms with van der Waals surface area (Å²) >= 11 is 2.20. The molecule has 0 aromatic rings. The van der Waals surface area contributed by atoms with Crippen LogP contribution in [0.25, 0.3) is 0 Å². The number of rotatable bonds is 5. The highest BCUT2D eigenvalue weighted by molar-refractivity contribution is 8.00. The second kappa shape index (κ2) is 6.02. The average molecular weight is 215 g/mol. The van der Waals surface area contributed by atoms with E-state index >= 15 is 0 Å². The summed E-state index contributed by atoms with van der Waals surface area (Å²) in [7, 11) is 0. The molecule has 1 saturated carbocycles. The highest BCUT2D eigenvalue weighted by Crippen LogP contribution is 2.37. The predicted octanol–water partition coefficient (Wildman–Crippen LogP) is 3.29. The van der Waals surface area contributed by atoms with Crippen LogP contribution < -0.4 is 5.32 Å². The summed E-state index contributed by atoms with van der Waals surface area (Å²) in [6.45, 7) is 10.4. The Morgan fingerprint density at radius 2 is 2.07 bits per heavy atom. The standard InChI is InChI=1S/C12H25NS/c1-5-9(3)14-12-8-7-11(10(12)4)13-6-2/h9-13H,5-8H2,1-4H3. The third-order valence-corrected chi connectivity index (χ3v) is 5.24. The highest BCUT2D eigenvalue weighted by atomic mass is 32.2. The summed E-state index contributed by atoms with van der Waals surface area (Å²) in [5.74, 6) is 0.856. The monoisotopic (exact) mass is 215 g/mol. The van der Waals surface area contributed by atoms with Crippen LogP contribution in [0.1, 0.15) is 47.0 Å². The first-order valence-electron chi connectivity index (χ1n) is 6.07. The van der Waals surface area contributed by atoms with Crippen molar-refractivity contribution in [3.05, 3.63) is 0 Å². The van der Waals surface area contributed by atoms with Crippen molar-refractivity contribution >= 4 is 11.8 Å². The maximum atomic E-state index is 3.60. The topological polar surface area (TPSA) is 12.0 Å². The molecule has 1 nitrogen and oxygen atoms in total. The molecule has 0 saturated heterocycles. The van der Waals surface area contributed by atoms with E-state index in [-0.39, 0.29) is 0 Å². The zero-order chi connectivity index (χ0) is 10.6. The van der Waals surface area contributed by atoms with E-state index in [0.717, 1.165) is 29.0 Å². The fourth-order valence-electron chi connectivity index (χ4n) is 2.27. The summed E-state index contributed by atoms with van der Waals surface area (Å²) in [5.41, 5.74) is 0. The molecule has 14 heavy (non-hydrogen) atoms. The maximum Gasteiger partial charge on any atom is 0.0103 e. The van der Waals surface area contributed by atoms with E-state index in [1.54, 1.807) is 0 Å². The molecule has 4 atom stereocenters. The van der Waals surface area contributed by atoms with Gasteiger partial charge in [-0.3, -0.25) is 0 Å². The minimum atomic E-state index is 0.779. The van der Waals surface area contributed by atoms with E-state index in [1.807, 2.05) is 0 Å². The number of hydrogen-bond acceptors (Lipinski definition) is 2. The van der Waals surface area contributed by atoms with Gasteiger partial charge >= 0.3 is 0 Å². The van der Waals surface area contributed by atoms with Crippen LogP contribution >= 0.6 is 11.8 Å². The highest BCUT2D eigenvalue weighted by Gasteiger charge is 2.32. The lowest BCUT2D eigenvalue weighted by atomic mass is 10.1. The molecule has 0 spiro atoms. The minimum Gasteiger partial charge on any atom is -0.314 e. The normalized spacial score (nSPS) is 34.7. The number of hydrogen-bond donors (Lipinski definition) is 1. The van der Waals surface area contributed by atoms with E-state index in [0.29, 0.717) is 0 Å². The van der Waals surface area contributed by atoms with Crippen molar-refractivity contribution in [2.75, 3.05) is 6.54 Å². The van der Waals surface area contributed by atoms with Crippen molar-refractivity contribution in [1.29, 1.82) is 0 Å². The van der Waals surface area contributed by atoms with Crippen molar-refractivity contribution in [2.24, 2.45) is 5.92 Å². The van der Waals surface area contributed by atoms with E-state index in [1.165, 1.54) is 19.3 Å². The Morgan fingerprint density at radius 3 is 2.64 bits per heavy atom. The zero-order valence-corrected chi connectivity index (χ0v) is 10.9. The molecule has 0 heterocycles. The van der Waals surface area contributed by atoms with E-state index in [2.05, 4.69) is 44.8 Å². The van der Waals surface area contributed by atoms with E-state index in [9.17, 15) is 0 Å². The van der Waals surface area contributed by atoms with Crippen LogP contribution in [0.5, 0.6) is 0 Å². The van der Waals surface area contributed by atoms with Crippen molar-refractivity contribution < 1.29 is 0 Å². The predicted molar refractivity (Wildman–Crippen MR) is 67.0 cm³/mol. The molecule has 0 aliphatic heterocycles. The van der Waals surface area contributed by atoms with Crippen LogP contribution in [-0.2, 0) is 0 Å².